The molecule has 0 atom stereocenters. The minimum Gasteiger partial charge on any atom is -0.504 e. The van der Waals surface area contributed by atoms with E-state index in [1.54, 1.807) is 0 Å². The summed E-state index contributed by atoms with van der Waals surface area (Å²) in [6, 6.07) is 2.50. The van der Waals surface area contributed by atoms with Crippen molar-refractivity contribution in [3.05, 3.63) is 23.3 Å². The molecule has 0 amide bonds. The smallest absolute Gasteiger partial charge is 0.335 e. The Kier molecular flexibility index (Phi) is 3.84. The zero-order valence-electron chi connectivity index (χ0n) is 12.1. The van der Waals surface area contributed by atoms with E-state index in [-0.39, 0.29) is 16.7 Å². The fraction of sp³-hybridized carbons (Fsp3) is 0.533. The summed E-state index contributed by atoms with van der Waals surface area (Å²) in [5, 5.41) is 28.7. The van der Waals surface area contributed by atoms with Gasteiger partial charge in [0, 0.05) is 5.56 Å². The molecule has 3 N–H and O–H groups in total. The molecular weight excluding hydrogens is 244 g/mol. The van der Waals surface area contributed by atoms with Crippen LogP contribution in [0.5, 0.6) is 11.5 Å². The molecule has 0 radical (unpaired) electrons. The Bertz CT molecular complexity index is 496. The number of carboxylic acid groups (broad SMARTS) is 1. The SMILES string of the molecule is CC(C)(C)CC(C)(C)c1cc(C(=O)O)cc(O)c1O. The standard InChI is InChI=1S/C15H22O4/c1-14(2,3)8-15(4,5)10-6-9(13(18)19)7-11(16)12(10)17/h6-7,16-17H,8H2,1-5H3,(H,18,19). The van der Waals surface area contributed by atoms with Gasteiger partial charge in [0.1, 0.15) is 0 Å². The molecule has 106 valence electrons. The van der Waals surface area contributed by atoms with Gasteiger partial charge in [-0.1, -0.05) is 34.6 Å². The molecule has 0 aliphatic rings. The van der Waals surface area contributed by atoms with E-state index in [1.807, 2.05) is 13.8 Å². The van der Waals surface area contributed by atoms with E-state index >= 15 is 0 Å². The third kappa shape index (κ3) is 3.63. The van der Waals surface area contributed by atoms with Gasteiger partial charge in [-0.3, -0.25) is 0 Å². The summed E-state index contributed by atoms with van der Waals surface area (Å²) in [5.74, 6) is -1.75. The Morgan fingerprint density at radius 2 is 1.63 bits per heavy atom. The lowest BCUT2D eigenvalue weighted by Gasteiger charge is -2.33. The fourth-order valence-electron chi connectivity index (χ4n) is 2.68. The maximum Gasteiger partial charge on any atom is 0.335 e. The lowest BCUT2D eigenvalue weighted by molar-refractivity contribution is 0.0696. The van der Waals surface area contributed by atoms with E-state index in [0.29, 0.717) is 5.56 Å². The Balaban J connectivity index is 3.36. The van der Waals surface area contributed by atoms with Crippen molar-refractivity contribution in [1.29, 1.82) is 0 Å². The van der Waals surface area contributed by atoms with E-state index < -0.39 is 17.1 Å². The molecule has 0 spiro atoms. The Labute approximate surface area is 113 Å². The number of phenolic OH excluding ortho intramolecular Hbond substituents is 2. The molecule has 4 nitrogen and oxygen atoms in total. The lowest BCUT2D eigenvalue weighted by atomic mass is 9.71. The van der Waals surface area contributed by atoms with Crippen LogP contribution in [-0.2, 0) is 5.41 Å². The molecule has 0 aliphatic carbocycles. The van der Waals surface area contributed by atoms with Gasteiger partial charge in [-0.05, 0) is 29.4 Å². The normalized spacial score (nSPS) is 12.5. The third-order valence-electron chi connectivity index (χ3n) is 3.04. The third-order valence-corrected chi connectivity index (χ3v) is 3.04. The Hall–Kier alpha value is -1.71. The van der Waals surface area contributed by atoms with Gasteiger partial charge in [0.2, 0.25) is 0 Å². The van der Waals surface area contributed by atoms with Crippen LogP contribution in [0.3, 0.4) is 0 Å². The Morgan fingerprint density at radius 1 is 1.11 bits per heavy atom. The number of rotatable bonds is 3. The van der Waals surface area contributed by atoms with E-state index in [4.69, 9.17) is 5.11 Å². The summed E-state index contributed by atoms with van der Waals surface area (Å²) in [6.07, 6.45) is 0.746. The van der Waals surface area contributed by atoms with Crippen LogP contribution in [0, 0.1) is 5.41 Å². The summed E-state index contributed by atoms with van der Waals surface area (Å²) < 4.78 is 0. The number of carbonyl (C=O) groups is 1. The highest BCUT2D eigenvalue weighted by Crippen LogP contribution is 2.43. The van der Waals surface area contributed by atoms with Crippen LogP contribution in [0.2, 0.25) is 0 Å². The molecule has 0 unspecified atom stereocenters. The summed E-state index contributed by atoms with van der Waals surface area (Å²) in [5.41, 5.74) is 0.0166. The van der Waals surface area contributed by atoms with Gasteiger partial charge in [0.05, 0.1) is 5.56 Å². The van der Waals surface area contributed by atoms with Gasteiger partial charge in [-0.15, -0.1) is 0 Å². The largest absolute Gasteiger partial charge is 0.504 e. The second-order valence-corrected chi connectivity index (χ2v) is 6.82. The highest BCUT2D eigenvalue weighted by molar-refractivity contribution is 5.89. The average molecular weight is 266 g/mol. The molecule has 0 aromatic heterocycles. The zero-order chi connectivity index (χ0) is 15.0. The second-order valence-electron chi connectivity index (χ2n) is 6.82. The molecule has 19 heavy (non-hydrogen) atoms. The van der Waals surface area contributed by atoms with Crippen molar-refractivity contribution in [3.63, 3.8) is 0 Å². The first kappa shape index (κ1) is 15.3. The molecule has 0 bridgehead atoms. The van der Waals surface area contributed by atoms with Crippen molar-refractivity contribution < 1.29 is 20.1 Å². The van der Waals surface area contributed by atoms with Gasteiger partial charge in [-0.2, -0.15) is 0 Å². The molecule has 0 aliphatic heterocycles. The summed E-state index contributed by atoms with van der Waals surface area (Å²) in [6.45, 7) is 10.1. The highest BCUT2D eigenvalue weighted by Gasteiger charge is 2.31. The quantitative estimate of drug-likeness (QED) is 0.731. The molecule has 0 saturated carbocycles. The van der Waals surface area contributed by atoms with E-state index in [9.17, 15) is 15.0 Å². The first-order valence-electron chi connectivity index (χ1n) is 6.24. The van der Waals surface area contributed by atoms with Gasteiger partial charge in [0.15, 0.2) is 11.5 Å². The van der Waals surface area contributed by atoms with Crippen LogP contribution in [0.1, 0.15) is 57.0 Å². The molecule has 0 fully saturated rings. The van der Waals surface area contributed by atoms with Crippen molar-refractivity contribution in [1.82, 2.24) is 0 Å². The number of phenols is 2. The van der Waals surface area contributed by atoms with Gasteiger partial charge in [0.25, 0.3) is 0 Å². The molecule has 4 heteroatoms. The van der Waals surface area contributed by atoms with E-state index in [2.05, 4.69) is 20.8 Å². The monoisotopic (exact) mass is 266 g/mol. The molecular formula is C15H22O4. The molecule has 0 heterocycles. The van der Waals surface area contributed by atoms with E-state index in [1.165, 1.54) is 6.07 Å². The van der Waals surface area contributed by atoms with Crippen molar-refractivity contribution in [2.45, 2.75) is 46.5 Å². The molecule has 0 saturated heterocycles. The van der Waals surface area contributed by atoms with Crippen LogP contribution < -0.4 is 0 Å². The number of aromatic carboxylic acids is 1. The van der Waals surface area contributed by atoms with Gasteiger partial charge >= 0.3 is 5.97 Å². The Morgan fingerprint density at radius 3 is 2.05 bits per heavy atom. The van der Waals surface area contributed by atoms with Crippen molar-refractivity contribution in [3.8, 4) is 11.5 Å². The van der Waals surface area contributed by atoms with Crippen molar-refractivity contribution in [2.75, 3.05) is 0 Å². The van der Waals surface area contributed by atoms with Crippen LogP contribution in [0.25, 0.3) is 0 Å². The molecule has 1 aromatic carbocycles. The zero-order valence-corrected chi connectivity index (χ0v) is 12.1. The highest BCUT2D eigenvalue weighted by atomic mass is 16.4. The topological polar surface area (TPSA) is 77.8 Å². The summed E-state index contributed by atoms with van der Waals surface area (Å²) >= 11 is 0. The van der Waals surface area contributed by atoms with Crippen LogP contribution in [0.15, 0.2) is 12.1 Å². The lowest BCUT2D eigenvalue weighted by Crippen LogP contribution is -2.25. The first-order chi connectivity index (χ1) is 8.44. The van der Waals surface area contributed by atoms with Crippen LogP contribution >= 0.6 is 0 Å². The average Bonchev–Trinajstić information content (AvgIpc) is 2.17. The predicted molar refractivity (Wildman–Crippen MR) is 73.8 cm³/mol. The number of aromatic hydroxyl groups is 2. The summed E-state index contributed by atoms with van der Waals surface area (Å²) in [7, 11) is 0. The summed E-state index contributed by atoms with van der Waals surface area (Å²) in [4.78, 5) is 11.0. The molecule has 1 aromatic rings. The minimum absolute atomic E-state index is 0.0186. The number of benzene rings is 1. The van der Waals surface area contributed by atoms with Gasteiger partial charge in [-0.25, -0.2) is 4.79 Å². The molecule has 1 rings (SSSR count). The van der Waals surface area contributed by atoms with Crippen LogP contribution in [0.4, 0.5) is 0 Å². The van der Waals surface area contributed by atoms with Crippen molar-refractivity contribution in [2.24, 2.45) is 5.41 Å². The van der Waals surface area contributed by atoms with Crippen LogP contribution in [-0.4, -0.2) is 21.3 Å². The number of hydrogen-bond donors (Lipinski definition) is 3. The maximum absolute atomic E-state index is 11.0. The number of hydrogen-bond acceptors (Lipinski definition) is 3. The number of carboxylic acids is 1. The second kappa shape index (κ2) is 4.76. The fourth-order valence-corrected chi connectivity index (χ4v) is 2.68. The van der Waals surface area contributed by atoms with E-state index in [0.717, 1.165) is 12.5 Å². The minimum atomic E-state index is -1.12. The maximum atomic E-state index is 11.0. The van der Waals surface area contributed by atoms with Gasteiger partial charge < -0.3 is 15.3 Å². The first-order valence-corrected chi connectivity index (χ1v) is 6.24. The van der Waals surface area contributed by atoms with Crippen molar-refractivity contribution >= 4 is 5.97 Å². The predicted octanol–water partition coefficient (Wildman–Crippen LogP) is 3.51.